The zero-order valence-electron chi connectivity index (χ0n) is 10.3. The van der Waals surface area contributed by atoms with Crippen molar-refractivity contribution in [3.63, 3.8) is 0 Å². The van der Waals surface area contributed by atoms with Gasteiger partial charge in [0, 0.05) is 0 Å². The zero-order valence-corrected chi connectivity index (χ0v) is 10.3. The van der Waals surface area contributed by atoms with Gasteiger partial charge in [-0.25, -0.2) is 4.79 Å². The molecule has 18 heavy (non-hydrogen) atoms. The molecule has 2 aromatic carbocycles. The van der Waals surface area contributed by atoms with Crippen LogP contribution >= 0.6 is 0 Å². The summed E-state index contributed by atoms with van der Waals surface area (Å²) in [6, 6.07) is 13.3. The molecule has 0 aliphatic heterocycles. The minimum atomic E-state index is -1.30. The van der Waals surface area contributed by atoms with Gasteiger partial charge in [-0.05, 0) is 48.2 Å². The van der Waals surface area contributed by atoms with Crippen LogP contribution in [0.4, 0.5) is 4.79 Å². The second-order valence-corrected chi connectivity index (χ2v) is 4.16. The maximum Gasteiger partial charge on any atom is 0.511 e. The molecular weight excluding hydrogens is 228 g/mol. The molecule has 0 radical (unpaired) electrons. The minimum Gasteiger partial charge on any atom is -0.449 e. The number of rotatable bonds is 2. The molecule has 0 atom stereocenters. The van der Waals surface area contributed by atoms with Crippen LogP contribution in [0.25, 0.3) is 11.1 Å². The molecule has 0 aliphatic rings. The van der Waals surface area contributed by atoms with Crippen LogP contribution in [0.5, 0.6) is 5.75 Å². The Morgan fingerprint density at radius 3 is 2.33 bits per heavy atom. The molecule has 0 bridgehead atoms. The van der Waals surface area contributed by atoms with E-state index in [1.807, 2.05) is 44.2 Å². The second kappa shape index (κ2) is 4.92. The minimum absolute atomic E-state index is 0.339. The van der Waals surface area contributed by atoms with E-state index in [4.69, 9.17) is 5.11 Å². The van der Waals surface area contributed by atoms with Crippen LogP contribution in [0.1, 0.15) is 11.1 Å². The molecule has 0 unspecified atom stereocenters. The summed E-state index contributed by atoms with van der Waals surface area (Å²) < 4.78 is 4.69. The molecule has 2 rings (SSSR count). The van der Waals surface area contributed by atoms with Crippen molar-refractivity contribution in [2.45, 2.75) is 13.8 Å². The van der Waals surface area contributed by atoms with Crippen LogP contribution in [-0.2, 0) is 0 Å². The number of hydrogen-bond donors (Lipinski definition) is 1. The summed E-state index contributed by atoms with van der Waals surface area (Å²) in [5.74, 6) is 0.339. The summed E-state index contributed by atoms with van der Waals surface area (Å²) in [5, 5.41) is 8.63. The summed E-state index contributed by atoms with van der Waals surface area (Å²) in [6.45, 7) is 4.02. The SMILES string of the molecule is Cc1ccccc1-c1cc(OC(=O)O)ccc1C. The molecule has 0 spiro atoms. The number of ether oxygens (including phenoxy) is 1. The lowest BCUT2D eigenvalue weighted by molar-refractivity contribution is 0.144. The summed E-state index contributed by atoms with van der Waals surface area (Å²) in [7, 11) is 0. The number of aryl methyl sites for hydroxylation is 2. The van der Waals surface area contributed by atoms with Gasteiger partial charge in [0.2, 0.25) is 0 Å². The second-order valence-electron chi connectivity index (χ2n) is 4.16. The van der Waals surface area contributed by atoms with Gasteiger partial charge in [-0.15, -0.1) is 0 Å². The normalized spacial score (nSPS) is 10.1. The fourth-order valence-electron chi connectivity index (χ4n) is 1.93. The highest BCUT2D eigenvalue weighted by Crippen LogP contribution is 2.29. The average molecular weight is 242 g/mol. The molecule has 0 heterocycles. The van der Waals surface area contributed by atoms with Crippen molar-refractivity contribution in [3.05, 3.63) is 53.6 Å². The van der Waals surface area contributed by atoms with E-state index in [1.54, 1.807) is 12.1 Å². The van der Waals surface area contributed by atoms with E-state index in [0.717, 1.165) is 22.3 Å². The van der Waals surface area contributed by atoms with Gasteiger partial charge < -0.3 is 9.84 Å². The topological polar surface area (TPSA) is 46.5 Å². The summed E-state index contributed by atoms with van der Waals surface area (Å²) in [6.07, 6.45) is -1.30. The fraction of sp³-hybridized carbons (Fsp3) is 0.133. The van der Waals surface area contributed by atoms with E-state index in [-0.39, 0.29) is 0 Å². The maximum absolute atomic E-state index is 10.5. The first kappa shape index (κ1) is 12.2. The largest absolute Gasteiger partial charge is 0.511 e. The van der Waals surface area contributed by atoms with E-state index >= 15 is 0 Å². The Morgan fingerprint density at radius 1 is 1.00 bits per heavy atom. The average Bonchev–Trinajstić information content (AvgIpc) is 2.32. The van der Waals surface area contributed by atoms with Crippen molar-refractivity contribution in [1.82, 2.24) is 0 Å². The van der Waals surface area contributed by atoms with Crippen LogP contribution in [0.2, 0.25) is 0 Å². The molecule has 0 saturated carbocycles. The Bertz CT molecular complexity index is 588. The summed E-state index contributed by atoms with van der Waals surface area (Å²) in [4.78, 5) is 10.5. The highest BCUT2D eigenvalue weighted by atomic mass is 16.7. The highest BCUT2D eigenvalue weighted by Gasteiger charge is 2.08. The van der Waals surface area contributed by atoms with Crippen LogP contribution < -0.4 is 4.74 Å². The Balaban J connectivity index is 2.50. The Morgan fingerprint density at radius 2 is 1.67 bits per heavy atom. The molecule has 2 aromatic rings. The predicted octanol–water partition coefficient (Wildman–Crippen LogP) is 4.03. The molecule has 0 amide bonds. The lowest BCUT2D eigenvalue weighted by Crippen LogP contribution is -2.03. The molecule has 0 aliphatic carbocycles. The first-order valence-electron chi connectivity index (χ1n) is 5.65. The van der Waals surface area contributed by atoms with Crippen LogP contribution in [0.3, 0.4) is 0 Å². The Hall–Kier alpha value is -2.29. The molecule has 0 fully saturated rings. The number of benzene rings is 2. The number of carbonyl (C=O) groups is 1. The fourth-order valence-corrected chi connectivity index (χ4v) is 1.93. The van der Waals surface area contributed by atoms with Crippen LogP contribution in [0, 0.1) is 13.8 Å². The third-order valence-electron chi connectivity index (χ3n) is 2.85. The van der Waals surface area contributed by atoms with Crippen molar-refractivity contribution >= 4 is 6.16 Å². The lowest BCUT2D eigenvalue weighted by Gasteiger charge is -2.10. The third-order valence-corrected chi connectivity index (χ3v) is 2.85. The van der Waals surface area contributed by atoms with Gasteiger partial charge in [-0.3, -0.25) is 0 Å². The van der Waals surface area contributed by atoms with E-state index < -0.39 is 6.16 Å². The Kier molecular flexibility index (Phi) is 3.33. The maximum atomic E-state index is 10.5. The Labute approximate surface area is 106 Å². The standard InChI is InChI=1S/C15H14O3/c1-10-5-3-4-6-13(10)14-9-12(18-15(16)17)8-7-11(14)2/h3-9H,1-2H3,(H,16,17). The van der Waals surface area contributed by atoms with Crippen molar-refractivity contribution in [2.75, 3.05) is 0 Å². The van der Waals surface area contributed by atoms with Gasteiger partial charge in [0.15, 0.2) is 0 Å². The van der Waals surface area contributed by atoms with Crippen LogP contribution in [-0.4, -0.2) is 11.3 Å². The van der Waals surface area contributed by atoms with Crippen molar-refractivity contribution in [3.8, 4) is 16.9 Å². The molecule has 0 aromatic heterocycles. The van der Waals surface area contributed by atoms with E-state index in [2.05, 4.69) is 4.74 Å². The zero-order chi connectivity index (χ0) is 13.1. The van der Waals surface area contributed by atoms with Gasteiger partial charge >= 0.3 is 6.16 Å². The van der Waals surface area contributed by atoms with Crippen molar-refractivity contribution < 1.29 is 14.6 Å². The van der Waals surface area contributed by atoms with Gasteiger partial charge in [-0.1, -0.05) is 30.3 Å². The first-order chi connectivity index (χ1) is 8.58. The smallest absolute Gasteiger partial charge is 0.449 e. The quantitative estimate of drug-likeness (QED) is 0.639. The predicted molar refractivity (Wildman–Crippen MR) is 70.0 cm³/mol. The molecular formula is C15H14O3. The molecule has 92 valence electrons. The highest BCUT2D eigenvalue weighted by molar-refractivity contribution is 5.72. The lowest BCUT2D eigenvalue weighted by atomic mass is 9.96. The van der Waals surface area contributed by atoms with Gasteiger partial charge in [-0.2, -0.15) is 0 Å². The third kappa shape index (κ3) is 2.51. The van der Waals surface area contributed by atoms with E-state index in [1.165, 1.54) is 0 Å². The monoisotopic (exact) mass is 242 g/mol. The summed E-state index contributed by atoms with van der Waals surface area (Å²) >= 11 is 0. The first-order valence-corrected chi connectivity index (χ1v) is 5.65. The van der Waals surface area contributed by atoms with E-state index in [0.29, 0.717) is 5.75 Å². The van der Waals surface area contributed by atoms with Crippen molar-refractivity contribution in [1.29, 1.82) is 0 Å². The molecule has 0 saturated heterocycles. The van der Waals surface area contributed by atoms with Crippen LogP contribution in [0.15, 0.2) is 42.5 Å². The van der Waals surface area contributed by atoms with Gasteiger partial charge in [0.1, 0.15) is 5.75 Å². The number of carboxylic acid groups (broad SMARTS) is 1. The van der Waals surface area contributed by atoms with Gasteiger partial charge in [0.05, 0.1) is 0 Å². The van der Waals surface area contributed by atoms with Crippen molar-refractivity contribution in [2.24, 2.45) is 0 Å². The molecule has 3 nitrogen and oxygen atoms in total. The number of hydrogen-bond acceptors (Lipinski definition) is 2. The van der Waals surface area contributed by atoms with Gasteiger partial charge in [0.25, 0.3) is 0 Å². The molecule has 1 N–H and O–H groups in total. The summed E-state index contributed by atoms with van der Waals surface area (Å²) in [5.41, 5.74) is 4.31. The van der Waals surface area contributed by atoms with E-state index in [9.17, 15) is 4.79 Å². The molecule has 3 heteroatoms.